The standard InChI is InChI=1S/C11H19N3O/c1-12-6-3-4-11(15)14(2)9-10-5-7-13-8-10/h5,7-8,12-13H,3-4,6,9H2,1-2H3. The smallest absolute Gasteiger partial charge is 0.222 e. The predicted molar refractivity (Wildman–Crippen MR) is 60.4 cm³/mol. The maximum absolute atomic E-state index is 11.6. The molecule has 0 fully saturated rings. The SMILES string of the molecule is CNCCCC(=O)N(C)Cc1cc[nH]c1. The summed E-state index contributed by atoms with van der Waals surface area (Å²) >= 11 is 0. The largest absolute Gasteiger partial charge is 0.367 e. The summed E-state index contributed by atoms with van der Waals surface area (Å²) < 4.78 is 0. The van der Waals surface area contributed by atoms with E-state index in [2.05, 4.69) is 10.3 Å². The molecule has 0 aliphatic rings. The van der Waals surface area contributed by atoms with E-state index >= 15 is 0 Å². The highest BCUT2D eigenvalue weighted by Gasteiger charge is 2.08. The van der Waals surface area contributed by atoms with E-state index in [-0.39, 0.29) is 5.91 Å². The van der Waals surface area contributed by atoms with Gasteiger partial charge in [0.25, 0.3) is 0 Å². The third-order valence-corrected chi connectivity index (χ3v) is 2.33. The van der Waals surface area contributed by atoms with Crippen LogP contribution in [0.5, 0.6) is 0 Å². The number of carbonyl (C=O) groups excluding carboxylic acids is 1. The molecule has 0 aromatic carbocycles. The number of hydrogen-bond donors (Lipinski definition) is 2. The fourth-order valence-electron chi connectivity index (χ4n) is 1.43. The molecule has 0 unspecified atom stereocenters. The van der Waals surface area contributed by atoms with Gasteiger partial charge in [0.15, 0.2) is 0 Å². The number of aromatic nitrogens is 1. The highest BCUT2D eigenvalue weighted by molar-refractivity contribution is 5.75. The molecule has 1 aromatic heterocycles. The number of carbonyl (C=O) groups is 1. The maximum atomic E-state index is 11.6. The summed E-state index contributed by atoms with van der Waals surface area (Å²) in [6.45, 7) is 1.58. The van der Waals surface area contributed by atoms with Crippen LogP contribution in [0, 0.1) is 0 Å². The molecule has 0 saturated heterocycles. The Balaban J connectivity index is 2.27. The van der Waals surface area contributed by atoms with Crippen molar-refractivity contribution in [1.29, 1.82) is 0 Å². The zero-order valence-electron chi connectivity index (χ0n) is 9.42. The highest BCUT2D eigenvalue weighted by atomic mass is 16.2. The molecular weight excluding hydrogens is 190 g/mol. The van der Waals surface area contributed by atoms with Crippen LogP contribution in [0.3, 0.4) is 0 Å². The topological polar surface area (TPSA) is 48.1 Å². The first kappa shape index (κ1) is 11.8. The molecular formula is C11H19N3O. The van der Waals surface area contributed by atoms with Crippen molar-refractivity contribution in [3.63, 3.8) is 0 Å². The molecule has 0 spiro atoms. The Morgan fingerprint density at radius 2 is 2.40 bits per heavy atom. The molecule has 1 amide bonds. The van der Waals surface area contributed by atoms with Crippen LogP contribution in [0.2, 0.25) is 0 Å². The maximum Gasteiger partial charge on any atom is 0.222 e. The lowest BCUT2D eigenvalue weighted by Gasteiger charge is -2.16. The quantitative estimate of drug-likeness (QED) is 0.686. The van der Waals surface area contributed by atoms with Gasteiger partial charge in [-0.2, -0.15) is 0 Å². The molecule has 1 aromatic rings. The van der Waals surface area contributed by atoms with Crippen molar-refractivity contribution >= 4 is 5.91 Å². The van der Waals surface area contributed by atoms with E-state index in [1.807, 2.05) is 32.6 Å². The van der Waals surface area contributed by atoms with Crippen LogP contribution in [0.4, 0.5) is 0 Å². The molecule has 0 atom stereocenters. The number of H-pyrrole nitrogens is 1. The minimum Gasteiger partial charge on any atom is -0.367 e. The normalized spacial score (nSPS) is 10.3. The van der Waals surface area contributed by atoms with Gasteiger partial charge in [0.2, 0.25) is 5.91 Å². The Hall–Kier alpha value is -1.29. The number of hydrogen-bond acceptors (Lipinski definition) is 2. The summed E-state index contributed by atoms with van der Waals surface area (Å²) in [5.41, 5.74) is 1.14. The Morgan fingerprint density at radius 1 is 1.60 bits per heavy atom. The third kappa shape index (κ3) is 4.16. The van der Waals surface area contributed by atoms with Gasteiger partial charge in [-0.15, -0.1) is 0 Å². The molecule has 0 radical (unpaired) electrons. The van der Waals surface area contributed by atoms with E-state index in [1.54, 1.807) is 4.90 Å². The number of aromatic amines is 1. The van der Waals surface area contributed by atoms with E-state index in [0.717, 1.165) is 18.5 Å². The van der Waals surface area contributed by atoms with Crippen molar-refractivity contribution in [2.24, 2.45) is 0 Å². The Labute approximate surface area is 90.7 Å². The van der Waals surface area contributed by atoms with E-state index in [4.69, 9.17) is 0 Å². The van der Waals surface area contributed by atoms with Crippen molar-refractivity contribution in [2.45, 2.75) is 19.4 Å². The molecule has 0 aliphatic heterocycles. The summed E-state index contributed by atoms with van der Waals surface area (Å²) in [7, 11) is 3.74. The number of nitrogens with one attached hydrogen (secondary N) is 2. The minimum absolute atomic E-state index is 0.200. The van der Waals surface area contributed by atoms with Crippen LogP contribution >= 0.6 is 0 Å². The summed E-state index contributed by atoms with van der Waals surface area (Å²) in [5.74, 6) is 0.200. The molecule has 0 aliphatic carbocycles. The van der Waals surface area contributed by atoms with Crippen LogP contribution in [-0.2, 0) is 11.3 Å². The van der Waals surface area contributed by atoms with Crippen molar-refractivity contribution in [1.82, 2.24) is 15.2 Å². The summed E-state index contributed by atoms with van der Waals surface area (Å²) in [6.07, 6.45) is 5.29. The molecule has 4 heteroatoms. The van der Waals surface area contributed by atoms with Crippen LogP contribution in [-0.4, -0.2) is 36.4 Å². The van der Waals surface area contributed by atoms with Crippen molar-refractivity contribution in [3.8, 4) is 0 Å². The summed E-state index contributed by atoms with van der Waals surface area (Å²) in [4.78, 5) is 16.4. The van der Waals surface area contributed by atoms with Crippen LogP contribution in [0.1, 0.15) is 18.4 Å². The summed E-state index contributed by atoms with van der Waals surface area (Å²) in [5, 5.41) is 3.03. The van der Waals surface area contributed by atoms with Gasteiger partial charge in [-0.05, 0) is 31.6 Å². The van der Waals surface area contributed by atoms with Gasteiger partial charge in [-0.25, -0.2) is 0 Å². The van der Waals surface area contributed by atoms with Gasteiger partial charge in [0.05, 0.1) is 0 Å². The van der Waals surface area contributed by atoms with Crippen molar-refractivity contribution in [3.05, 3.63) is 24.0 Å². The first-order chi connectivity index (χ1) is 7.24. The van der Waals surface area contributed by atoms with Crippen molar-refractivity contribution in [2.75, 3.05) is 20.6 Å². The monoisotopic (exact) mass is 209 g/mol. The third-order valence-electron chi connectivity index (χ3n) is 2.33. The van der Waals surface area contributed by atoms with E-state index in [9.17, 15) is 4.79 Å². The second-order valence-electron chi connectivity index (χ2n) is 3.68. The van der Waals surface area contributed by atoms with Gasteiger partial charge in [-0.1, -0.05) is 0 Å². The number of amides is 1. The Bertz CT molecular complexity index is 282. The molecule has 0 bridgehead atoms. The van der Waals surface area contributed by atoms with Gasteiger partial charge in [0.1, 0.15) is 0 Å². The molecule has 4 nitrogen and oxygen atoms in total. The first-order valence-corrected chi connectivity index (χ1v) is 5.24. The summed E-state index contributed by atoms with van der Waals surface area (Å²) in [6, 6.07) is 1.98. The van der Waals surface area contributed by atoms with E-state index < -0.39 is 0 Å². The lowest BCUT2D eigenvalue weighted by molar-refractivity contribution is -0.130. The highest BCUT2D eigenvalue weighted by Crippen LogP contribution is 2.03. The lowest BCUT2D eigenvalue weighted by Crippen LogP contribution is -2.26. The fraction of sp³-hybridized carbons (Fsp3) is 0.545. The average Bonchev–Trinajstić information content (AvgIpc) is 2.70. The lowest BCUT2D eigenvalue weighted by atomic mass is 10.2. The first-order valence-electron chi connectivity index (χ1n) is 5.24. The van der Waals surface area contributed by atoms with Crippen LogP contribution in [0.25, 0.3) is 0 Å². The van der Waals surface area contributed by atoms with Crippen molar-refractivity contribution < 1.29 is 4.79 Å². The molecule has 84 valence electrons. The second-order valence-corrected chi connectivity index (χ2v) is 3.68. The number of rotatable bonds is 6. The Morgan fingerprint density at radius 3 is 3.00 bits per heavy atom. The van der Waals surface area contributed by atoms with Gasteiger partial charge in [0, 0.05) is 32.4 Å². The van der Waals surface area contributed by atoms with Gasteiger partial charge >= 0.3 is 0 Å². The van der Waals surface area contributed by atoms with Gasteiger partial charge in [-0.3, -0.25) is 4.79 Å². The average molecular weight is 209 g/mol. The van der Waals surface area contributed by atoms with E-state index in [0.29, 0.717) is 13.0 Å². The van der Waals surface area contributed by atoms with Crippen LogP contribution in [0.15, 0.2) is 18.5 Å². The molecule has 15 heavy (non-hydrogen) atoms. The molecule has 2 N–H and O–H groups in total. The zero-order chi connectivity index (χ0) is 11.1. The molecule has 0 saturated carbocycles. The van der Waals surface area contributed by atoms with E-state index in [1.165, 1.54) is 0 Å². The number of nitrogens with zero attached hydrogens (tertiary/aromatic N) is 1. The fourth-order valence-corrected chi connectivity index (χ4v) is 1.43. The zero-order valence-corrected chi connectivity index (χ0v) is 9.42. The Kier molecular flexibility index (Phi) is 4.90. The second kappa shape index (κ2) is 6.24. The van der Waals surface area contributed by atoms with Gasteiger partial charge < -0.3 is 15.2 Å². The molecule has 1 heterocycles. The molecule has 1 rings (SSSR count). The minimum atomic E-state index is 0.200. The predicted octanol–water partition coefficient (Wildman–Crippen LogP) is 0.973. The van der Waals surface area contributed by atoms with Crippen LogP contribution < -0.4 is 5.32 Å².